The number of piperidine rings is 1. The Morgan fingerprint density at radius 2 is 2.11 bits per heavy atom. The van der Waals surface area contributed by atoms with Gasteiger partial charge in [-0.3, -0.25) is 14.9 Å². The molecular formula is C19H21F2N5O2. The second kappa shape index (κ2) is 6.23. The zero-order valence-corrected chi connectivity index (χ0v) is 15.2. The molecule has 2 aromatic rings. The molecule has 2 aromatic heterocycles. The van der Waals surface area contributed by atoms with Gasteiger partial charge in [-0.1, -0.05) is 0 Å². The molecule has 9 heteroatoms. The number of fused-ring (bicyclic) bond motifs is 4. The van der Waals surface area contributed by atoms with E-state index in [2.05, 4.69) is 15.3 Å². The smallest absolute Gasteiger partial charge is 0.262 e. The molecule has 3 aliphatic rings. The Hall–Kier alpha value is -2.55. The highest BCUT2D eigenvalue weighted by atomic mass is 19.3. The molecular weight excluding hydrogens is 368 g/mol. The number of alkyl halides is 2. The predicted molar refractivity (Wildman–Crippen MR) is 97.1 cm³/mol. The highest BCUT2D eigenvalue weighted by molar-refractivity contribution is 5.82. The van der Waals surface area contributed by atoms with Crippen molar-refractivity contribution < 1.29 is 13.6 Å². The van der Waals surface area contributed by atoms with E-state index in [0.29, 0.717) is 31.0 Å². The second-order valence-corrected chi connectivity index (χ2v) is 8.06. The highest BCUT2D eigenvalue weighted by Gasteiger charge is 2.45. The van der Waals surface area contributed by atoms with Gasteiger partial charge in [-0.15, -0.1) is 0 Å². The average Bonchev–Trinajstić information content (AvgIpc) is 3.31. The van der Waals surface area contributed by atoms with Gasteiger partial charge in [-0.25, -0.2) is 13.8 Å². The van der Waals surface area contributed by atoms with Crippen molar-refractivity contribution in [2.45, 2.75) is 37.3 Å². The molecule has 2 N–H and O–H groups in total. The Morgan fingerprint density at radius 1 is 1.25 bits per heavy atom. The summed E-state index contributed by atoms with van der Waals surface area (Å²) in [4.78, 5) is 34.6. The summed E-state index contributed by atoms with van der Waals surface area (Å²) in [6.07, 6.45) is 3.74. The first-order valence-corrected chi connectivity index (χ1v) is 9.55. The number of rotatable bonds is 2. The number of nitrogens with one attached hydrogen (secondary N) is 2. The molecule has 1 amide bonds. The summed E-state index contributed by atoms with van der Waals surface area (Å²) in [5, 5.41) is 2.65. The first-order chi connectivity index (χ1) is 13.4. The molecule has 28 heavy (non-hydrogen) atoms. The molecule has 0 aliphatic carbocycles. The maximum absolute atomic E-state index is 13.5. The lowest BCUT2D eigenvalue weighted by atomic mass is 9.82. The Labute approximate surface area is 159 Å². The molecule has 148 valence electrons. The molecule has 0 saturated carbocycles. The molecule has 5 heterocycles. The minimum atomic E-state index is -2.83. The van der Waals surface area contributed by atoms with Gasteiger partial charge in [0.15, 0.2) is 0 Å². The van der Waals surface area contributed by atoms with Gasteiger partial charge in [-0.05, 0) is 24.5 Å². The molecule has 2 saturated heterocycles. The van der Waals surface area contributed by atoms with Crippen LogP contribution in [-0.4, -0.2) is 56.9 Å². The topological polar surface area (TPSA) is 83.0 Å². The van der Waals surface area contributed by atoms with Crippen molar-refractivity contribution in [1.82, 2.24) is 24.8 Å². The van der Waals surface area contributed by atoms with E-state index in [-0.39, 0.29) is 23.3 Å². The standard InChI is InChI=1S/C19H21F2N5O2/c20-19(21)6-14(24-10-19)18(28)25-7-11-5-12(9-25)15-2-1-13(16-22-3-4-23-16)17(27)26(15)8-11/h1-4,11-12,14,24H,5-10H2,(H,22,23)/t11-,12+,14-/m0/s1. The molecule has 7 nitrogen and oxygen atoms in total. The Balaban J connectivity index is 1.41. The SMILES string of the molecule is O=C([C@@H]1CC(F)(F)CN1)N1C[C@@H]2C[C@H](C1)c1ccc(-c3ncc[nH]3)c(=O)n1C2. The fourth-order valence-corrected chi connectivity index (χ4v) is 4.83. The van der Waals surface area contributed by atoms with E-state index in [1.807, 2.05) is 6.07 Å². The van der Waals surface area contributed by atoms with Gasteiger partial charge in [0.2, 0.25) is 5.91 Å². The second-order valence-electron chi connectivity index (χ2n) is 8.06. The van der Waals surface area contributed by atoms with Crippen LogP contribution >= 0.6 is 0 Å². The zero-order valence-electron chi connectivity index (χ0n) is 15.2. The van der Waals surface area contributed by atoms with Crippen molar-refractivity contribution in [1.29, 1.82) is 0 Å². The number of carbonyl (C=O) groups excluding carboxylic acids is 1. The van der Waals surface area contributed by atoms with Gasteiger partial charge in [0.05, 0.1) is 18.2 Å². The van der Waals surface area contributed by atoms with Crippen molar-refractivity contribution in [3.63, 3.8) is 0 Å². The number of hydrogen-bond donors (Lipinski definition) is 2. The van der Waals surface area contributed by atoms with E-state index >= 15 is 0 Å². The van der Waals surface area contributed by atoms with E-state index < -0.39 is 24.9 Å². The van der Waals surface area contributed by atoms with Crippen molar-refractivity contribution in [3.8, 4) is 11.4 Å². The largest absolute Gasteiger partial charge is 0.344 e. The third kappa shape index (κ3) is 2.85. The molecule has 3 atom stereocenters. The number of amides is 1. The van der Waals surface area contributed by atoms with Crippen LogP contribution in [0.25, 0.3) is 11.4 Å². The summed E-state index contributed by atoms with van der Waals surface area (Å²) in [5.74, 6) is -2.36. The Kier molecular flexibility index (Phi) is 3.90. The normalized spacial score (nSPS) is 28.2. The highest BCUT2D eigenvalue weighted by Crippen LogP contribution is 2.36. The van der Waals surface area contributed by atoms with Gasteiger partial charge in [0.25, 0.3) is 11.5 Å². The summed E-state index contributed by atoms with van der Waals surface area (Å²) in [6, 6.07) is 2.88. The number of likely N-dealkylation sites (tertiary alicyclic amines) is 1. The van der Waals surface area contributed by atoms with Crippen molar-refractivity contribution in [2.24, 2.45) is 5.92 Å². The lowest BCUT2D eigenvalue weighted by Crippen LogP contribution is -2.53. The summed E-state index contributed by atoms with van der Waals surface area (Å²) < 4.78 is 28.7. The number of H-pyrrole nitrogens is 1. The van der Waals surface area contributed by atoms with Crippen LogP contribution in [0.1, 0.15) is 24.5 Å². The molecule has 0 spiro atoms. The number of aromatic amines is 1. The first kappa shape index (κ1) is 17.5. The average molecular weight is 389 g/mol. The Morgan fingerprint density at radius 3 is 2.82 bits per heavy atom. The molecule has 2 fully saturated rings. The molecule has 5 rings (SSSR count). The van der Waals surface area contributed by atoms with Crippen LogP contribution in [0.3, 0.4) is 0 Å². The van der Waals surface area contributed by atoms with Crippen molar-refractivity contribution in [2.75, 3.05) is 19.6 Å². The van der Waals surface area contributed by atoms with E-state index in [0.717, 1.165) is 12.1 Å². The quantitative estimate of drug-likeness (QED) is 0.808. The molecule has 0 aromatic carbocycles. The fraction of sp³-hybridized carbons (Fsp3) is 0.526. The molecule has 0 radical (unpaired) electrons. The molecule has 0 unspecified atom stereocenters. The van der Waals surface area contributed by atoms with Gasteiger partial charge in [0, 0.05) is 50.1 Å². The van der Waals surface area contributed by atoms with Gasteiger partial charge >= 0.3 is 0 Å². The maximum atomic E-state index is 13.5. The fourth-order valence-electron chi connectivity index (χ4n) is 4.83. The summed E-state index contributed by atoms with van der Waals surface area (Å²) >= 11 is 0. The number of imidazole rings is 1. The molecule has 3 aliphatic heterocycles. The zero-order chi connectivity index (χ0) is 19.5. The summed E-state index contributed by atoms with van der Waals surface area (Å²) in [7, 11) is 0. The first-order valence-electron chi connectivity index (χ1n) is 9.55. The minimum Gasteiger partial charge on any atom is -0.344 e. The number of pyridine rings is 1. The van der Waals surface area contributed by atoms with Crippen molar-refractivity contribution in [3.05, 3.63) is 40.6 Å². The lowest BCUT2D eigenvalue weighted by Gasteiger charge is -2.43. The van der Waals surface area contributed by atoms with Crippen LogP contribution in [0.5, 0.6) is 0 Å². The summed E-state index contributed by atoms with van der Waals surface area (Å²) in [5.41, 5.74) is 1.34. The number of carbonyl (C=O) groups is 1. The van der Waals surface area contributed by atoms with Crippen molar-refractivity contribution >= 4 is 5.91 Å². The van der Waals surface area contributed by atoms with Crippen LogP contribution in [-0.2, 0) is 11.3 Å². The van der Waals surface area contributed by atoms with E-state index in [1.54, 1.807) is 27.9 Å². The maximum Gasteiger partial charge on any atom is 0.262 e. The van der Waals surface area contributed by atoms with Gasteiger partial charge < -0.3 is 14.5 Å². The molecule has 2 bridgehead atoms. The third-order valence-corrected chi connectivity index (χ3v) is 6.08. The minimum absolute atomic E-state index is 0.0386. The predicted octanol–water partition coefficient (Wildman–Crippen LogP) is 1.18. The van der Waals surface area contributed by atoms with E-state index in [1.165, 1.54) is 0 Å². The number of aromatic nitrogens is 3. The number of hydrogen-bond acceptors (Lipinski definition) is 4. The third-order valence-electron chi connectivity index (χ3n) is 6.08. The Bertz CT molecular complexity index is 971. The van der Waals surface area contributed by atoms with Gasteiger partial charge in [0.1, 0.15) is 5.82 Å². The van der Waals surface area contributed by atoms with E-state index in [4.69, 9.17) is 0 Å². The lowest BCUT2D eigenvalue weighted by molar-refractivity contribution is -0.136. The van der Waals surface area contributed by atoms with E-state index in [9.17, 15) is 18.4 Å². The monoisotopic (exact) mass is 389 g/mol. The van der Waals surface area contributed by atoms with Gasteiger partial charge in [-0.2, -0.15) is 0 Å². The van der Waals surface area contributed by atoms with Crippen LogP contribution in [0.15, 0.2) is 29.3 Å². The summed E-state index contributed by atoms with van der Waals surface area (Å²) in [6.45, 7) is 1.03. The number of halogens is 2. The van der Waals surface area contributed by atoms with Crippen LogP contribution < -0.4 is 10.9 Å². The van der Waals surface area contributed by atoms with Crippen LogP contribution in [0.4, 0.5) is 8.78 Å². The number of nitrogens with zero attached hydrogens (tertiary/aromatic N) is 3. The van der Waals surface area contributed by atoms with Crippen LogP contribution in [0.2, 0.25) is 0 Å². The van der Waals surface area contributed by atoms with Crippen LogP contribution in [0, 0.1) is 5.92 Å².